The van der Waals surface area contributed by atoms with Crippen LogP contribution in [0.3, 0.4) is 0 Å². The number of urea groups is 1. The van der Waals surface area contributed by atoms with Crippen LogP contribution in [-0.4, -0.2) is 31.3 Å². The maximum atomic E-state index is 12.4. The van der Waals surface area contributed by atoms with Gasteiger partial charge in [0.2, 0.25) is 5.88 Å². The summed E-state index contributed by atoms with van der Waals surface area (Å²) in [5, 5.41) is 6.00. The van der Waals surface area contributed by atoms with E-state index in [0.29, 0.717) is 31.6 Å². The Kier molecular flexibility index (Phi) is 5.00. The number of rotatable bonds is 6. The first-order chi connectivity index (χ1) is 13.2. The number of hydrogen-bond acceptors (Lipinski definition) is 5. The van der Waals surface area contributed by atoms with Gasteiger partial charge in [0.25, 0.3) is 0 Å². The largest absolute Gasteiger partial charge is 0.486 e. The number of carbonyl (C=O) groups excluding carboxylic acids is 1. The summed E-state index contributed by atoms with van der Waals surface area (Å²) in [4.78, 5) is 16.6. The lowest BCUT2D eigenvalue weighted by molar-refractivity contribution is 0.171. The van der Waals surface area contributed by atoms with E-state index >= 15 is 0 Å². The molecule has 0 bridgehead atoms. The molecular weight excluding hydrogens is 346 g/mol. The summed E-state index contributed by atoms with van der Waals surface area (Å²) in [5.74, 6) is 2.52. The highest BCUT2D eigenvalue weighted by atomic mass is 16.6. The fourth-order valence-electron chi connectivity index (χ4n) is 3.17. The average molecular weight is 369 g/mol. The van der Waals surface area contributed by atoms with Crippen LogP contribution in [0.4, 0.5) is 4.79 Å². The van der Waals surface area contributed by atoms with E-state index in [1.54, 1.807) is 19.4 Å². The standard InChI is InChI=1S/C20H23N3O4/c1-25-18-7-2-13(11-21-18)12-22-20(24)23-19(14-3-4-14)15-5-6-16-17(10-15)27-9-8-26-16/h2,5-7,10-11,14,19H,3-4,8-9,12H2,1H3,(H2,22,23,24)/t19-/m1/s1. The molecule has 2 heterocycles. The summed E-state index contributed by atoms with van der Waals surface area (Å²) in [6.45, 7) is 1.52. The third-order valence-electron chi connectivity index (χ3n) is 4.77. The Balaban J connectivity index is 1.38. The number of nitrogens with one attached hydrogen (secondary N) is 2. The van der Waals surface area contributed by atoms with Gasteiger partial charge >= 0.3 is 6.03 Å². The first kappa shape index (κ1) is 17.5. The minimum atomic E-state index is -0.197. The lowest BCUT2D eigenvalue weighted by Gasteiger charge is -2.23. The predicted octanol–water partition coefficient (Wildman–Crippen LogP) is 2.81. The number of carbonyl (C=O) groups is 1. The Bertz CT molecular complexity index is 805. The molecule has 4 rings (SSSR count). The highest BCUT2D eigenvalue weighted by Gasteiger charge is 2.34. The van der Waals surface area contributed by atoms with E-state index in [4.69, 9.17) is 14.2 Å². The number of pyridine rings is 1. The van der Waals surface area contributed by atoms with Crippen molar-refractivity contribution in [3.8, 4) is 17.4 Å². The Morgan fingerprint density at radius 2 is 2.04 bits per heavy atom. The molecule has 2 aliphatic rings. The molecule has 0 saturated heterocycles. The number of ether oxygens (including phenoxy) is 3. The van der Waals surface area contributed by atoms with Crippen LogP contribution in [0.5, 0.6) is 17.4 Å². The summed E-state index contributed by atoms with van der Waals surface area (Å²) >= 11 is 0. The van der Waals surface area contributed by atoms with E-state index in [0.717, 1.165) is 35.5 Å². The molecule has 1 aromatic heterocycles. The zero-order chi connectivity index (χ0) is 18.6. The van der Waals surface area contributed by atoms with Crippen molar-refractivity contribution in [1.29, 1.82) is 0 Å². The molecule has 7 nitrogen and oxygen atoms in total. The summed E-state index contributed by atoms with van der Waals surface area (Å²) in [6.07, 6.45) is 3.92. The molecule has 1 atom stereocenters. The van der Waals surface area contributed by atoms with E-state index in [1.807, 2.05) is 24.3 Å². The normalized spacial score (nSPS) is 16.3. The van der Waals surface area contributed by atoms with Gasteiger partial charge in [-0.3, -0.25) is 0 Å². The smallest absolute Gasteiger partial charge is 0.315 e. The van der Waals surface area contributed by atoms with E-state index < -0.39 is 0 Å². The van der Waals surface area contributed by atoms with E-state index in [2.05, 4.69) is 15.6 Å². The van der Waals surface area contributed by atoms with E-state index in [9.17, 15) is 4.79 Å². The minimum absolute atomic E-state index is 0.0326. The molecular formula is C20H23N3O4. The first-order valence-corrected chi connectivity index (χ1v) is 9.16. The van der Waals surface area contributed by atoms with E-state index in [1.165, 1.54) is 0 Å². The van der Waals surface area contributed by atoms with Crippen LogP contribution in [0.25, 0.3) is 0 Å². The van der Waals surface area contributed by atoms with Crippen LogP contribution in [0.2, 0.25) is 0 Å². The topological polar surface area (TPSA) is 81.7 Å². The maximum absolute atomic E-state index is 12.4. The number of amides is 2. The Hall–Kier alpha value is -2.96. The van der Waals surface area contributed by atoms with Crippen LogP contribution in [0.1, 0.15) is 30.0 Å². The van der Waals surface area contributed by atoms with Gasteiger partial charge in [0.1, 0.15) is 13.2 Å². The number of aromatic nitrogens is 1. The van der Waals surface area contributed by atoms with Gasteiger partial charge in [0.15, 0.2) is 11.5 Å². The van der Waals surface area contributed by atoms with Crippen molar-refractivity contribution >= 4 is 6.03 Å². The molecule has 142 valence electrons. The summed E-state index contributed by atoms with van der Waals surface area (Å²) in [7, 11) is 1.57. The monoisotopic (exact) mass is 369 g/mol. The van der Waals surface area contributed by atoms with Gasteiger partial charge in [-0.05, 0) is 42.0 Å². The van der Waals surface area contributed by atoms with Crippen molar-refractivity contribution in [2.75, 3.05) is 20.3 Å². The number of fused-ring (bicyclic) bond motifs is 1. The van der Waals surface area contributed by atoms with E-state index in [-0.39, 0.29) is 12.1 Å². The minimum Gasteiger partial charge on any atom is -0.486 e. The lowest BCUT2D eigenvalue weighted by Crippen LogP contribution is -2.38. The molecule has 1 aliphatic heterocycles. The fourth-order valence-corrected chi connectivity index (χ4v) is 3.17. The van der Waals surface area contributed by atoms with Crippen LogP contribution in [0, 0.1) is 5.92 Å². The second-order valence-corrected chi connectivity index (χ2v) is 6.75. The first-order valence-electron chi connectivity index (χ1n) is 9.16. The summed E-state index contributed by atoms with van der Waals surface area (Å²) in [6, 6.07) is 9.33. The fraction of sp³-hybridized carbons (Fsp3) is 0.400. The van der Waals surface area contributed by atoms with Crippen molar-refractivity contribution in [3.05, 3.63) is 47.7 Å². The van der Waals surface area contributed by atoms with Crippen molar-refractivity contribution < 1.29 is 19.0 Å². The van der Waals surface area contributed by atoms with Gasteiger partial charge in [0, 0.05) is 18.8 Å². The quantitative estimate of drug-likeness (QED) is 0.818. The highest BCUT2D eigenvalue weighted by Crippen LogP contribution is 2.43. The van der Waals surface area contributed by atoms with Crippen molar-refractivity contribution in [3.63, 3.8) is 0 Å². The second kappa shape index (κ2) is 7.73. The molecule has 0 unspecified atom stereocenters. The maximum Gasteiger partial charge on any atom is 0.315 e. The molecule has 1 aliphatic carbocycles. The second-order valence-electron chi connectivity index (χ2n) is 6.75. The molecule has 2 aromatic rings. The van der Waals surface area contributed by atoms with Crippen LogP contribution in [-0.2, 0) is 6.54 Å². The third kappa shape index (κ3) is 4.24. The van der Waals surface area contributed by atoms with Crippen LogP contribution >= 0.6 is 0 Å². The predicted molar refractivity (Wildman–Crippen MR) is 99.1 cm³/mol. The molecule has 1 aromatic carbocycles. The highest BCUT2D eigenvalue weighted by molar-refractivity contribution is 5.74. The number of hydrogen-bond donors (Lipinski definition) is 2. The average Bonchev–Trinajstić information content (AvgIpc) is 3.55. The van der Waals surface area contributed by atoms with Gasteiger partial charge in [-0.15, -0.1) is 0 Å². The van der Waals surface area contributed by atoms with Gasteiger partial charge < -0.3 is 24.8 Å². The summed E-state index contributed by atoms with van der Waals surface area (Å²) in [5.41, 5.74) is 1.95. The van der Waals surface area contributed by atoms with Gasteiger partial charge in [-0.1, -0.05) is 12.1 Å². The molecule has 2 N–H and O–H groups in total. The molecule has 1 saturated carbocycles. The SMILES string of the molecule is COc1ccc(CNC(=O)N[C@@H](c2ccc3c(c2)OCCO3)C2CC2)cn1. The molecule has 1 fully saturated rings. The third-order valence-corrected chi connectivity index (χ3v) is 4.77. The zero-order valence-corrected chi connectivity index (χ0v) is 15.2. The van der Waals surface area contributed by atoms with Crippen LogP contribution in [0.15, 0.2) is 36.5 Å². The molecule has 27 heavy (non-hydrogen) atoms. The van der Waals surface area contributed by atoms with Crippen molar-refractivity contribution in [1.82, 2.24) is 15.6 Å². The lowest BCUT2D eigenvalue weighted by atomic mass is 10.0. The number of benzene rings is 1. The molecule has 7 heteroatoms. The Labute approximate surface area is 158 Å². The van der Waals surface area contributed by atoms with Gasteiger partial charge in [-0.25, -0.2) is 9.78 Å². The van der Waals surface area contributed by atoms with Crippen LogP contribution < -0.4 is 24.8 Å². The summed E-state index contributed by atoms with van der Waals surface area (Å²) < 4.78 is 16.3. The van der Waals surface area contributed by atoms with Gasteiger partial charge in [0.05, 0.1) is 13.2 Å². The Morgan fingerprint density at radius 3 is 2.74 bits per heavy atom. The van der Waals surface area contributed by atoms with Gasteiger partial charge in [-0.2, -0.15) is 0 Å². The molecule has 2 amide bonds. The Morgan fingerprint density at radius 1 is 1.22 bits per heavy atom. The van der Waals surface area contributed by atoms with Crippen molar-refractivity contribution in [2.24, 2.45) is 5.92 Å². The number of nitrogens with zero attached hydrogens (tertiary/aromatic N) is 1. The molecule has 0 radical (unpaired) electrons. The molecule has 0 spiro atoms. The zero-order valence-electron chi connectivity index (χ0n) is 15.2. The number of methoxy groups -OCH3 is 1. The van der Waals surface area contributed by atoms with Crippen molar-refractivity contribution in [2.45, 2.75) is 25.4 Å².